The Labute approximate surface area is 220 Å². The molecule has 0 bridgehead atoms. The predicted molar refractivity (Wildman–Crippen MR) is 144 cm³/mol. The van der Waals surface area contributed by atoms with Gasteiger partial charge >= 0.3 is 0 Å². The van der Waals surface area contributed by atoms with Gasteiger partial charge in [0.25, 0.3) is 0 Å². The first-order chi connectivity index (χ1) is 18.5. The highest BCUT2D eigenvalue weighted by Crippen LogP contribution is 2.35. The van der Waals surface area contributed by atoms with Gasteiger partial charge in [0.2, 0.25) is 5.91 Å². The van der Waals surface area contributed by atoms with Crippen LogP contribution in [0.4, 0.5) is 20.3 Å². The molecular formula is C29H30F2N6O. The average molecular weight is 517 g/mol. The lowest BCUT2D eigenvalue weighted by Crippen LogP contribution is -2.49. The van der Waals surface area contributed by atoms with E-state index in [1.165, 1.54) is 11.6 Å². The van der Waals surface area contributed by atoms with E-state index in [1.807, 2.05) is 41.6 Å². The molecule has 4 aromatic rings. The fourth-order valence-electron chi connectivity index (χ4n) is 5.04. The van der Waals surface area contributed by atoms with Crippen LogP contribution in [0.2, 0.25) is 0 Å². The normalized spacial score (nSPS) is 15.0. The minimum absolute atomic E-state index is 0.138. The number of amides is 1. The number of hydrogen-bond acceptors (Lipinski definition) is 6. The van der Waals surface area contributed by atoms with Crippen LogP contribution < -0.4 is 10.2 Å². The zero-order chi connectivity index (χ0) is 26.5. The average Bonchev–Trinajstić information content (AvgIpc) is 2.94. The molecule has 2 aromatic carbocycles. The number of halogens is 2. The minimum Gasteiger partial charge on any atom is -0.352 e. The van der Waals surface area contributed by atoms with Crippen molar-refractivity contribution in [3.05, 3.63) is 89.9 Å². The second-order valence-electron chi connectivity index (χ2n) is 9.52. The molecule has 1 atom stereocenters. The molecule has 0 spiro atoms. The molecule has 1 saturated heterocycles. The SMILES string of the molecule is CCCC(c1ccncc1)c1nnc(N2CCN(CC(=O)Nc3ccc(F)c(F)c3)CC2)c2ccccc12. The molecular weight excluding hydrogens is 486 g/mol. The molecule has 196 valence electrons. The lowest BCUT2D eigenvalue weighted by molar-refractivity contribution is -0.117. The Morgan fingerprint density at radius 3 is 2.39 bits per heavy atom. The quantitative estimate of drug-likeness (QED) is 0.356. The van der Waals surface area contributed by atoms with Crippen LogP contribution in [0.3, 0.4) is 0 Å². The van der Waals surface area contributed by atoms with Crippen LogP contribution in [0, 0.1) is 11.6 Å². The van der Waals surface area contributed by atoms with Crippen LogP contribution in [-0.4, -0.2) is 58.7 Å². The number of rotatable bonds is 8. The molecule has 1 fully saturated rings. The van der Waals surface area contributed by atoms with Crippen molar-refractivity contribution in [1.82, 2.24) is 20.1 Å². The first-order valence-electron chi connectivity index (χ1n) is 12.9. The first-order valence-corrected chi connectivity index (χ1v) is 12.9. The van der Waals surface area contributed by atoms with E-state index < -0.39 is 11.6 Å². The van der Waals surface area contributed by atoms with E-state index >= 15 is 0 Å². The maximum absolute atomic E-state index is 13.4. The van der Waals surface area contributed by atoms with Gasteiger partial charge < -0.3 is 10.2 Å². The van der Waals surface area contributed by atoms with Crippen LogP contribution in [-0.2, 0) is 4.79 Å². The molecule has 2 aromatic heterocycles. The minimum atomic E-state index is -0.988. The number of pyridine rings is 1. The number of piperazine rings is 1. The number of carbonyl (C=O) groups is 1. The third-order valence-corrected chi connectivity index (χ3v) is 6.95. The summed E-state index contributed by atoms with van der Waals surface area (Å²) < 4.78 is 26.6. The Morgan fingerprint density at radius 1 is 0.947 bits per heavy atom. The smallest absolute Gasteiger partial charge is 0.238 e. The van der Waals surface area contributed by atoms with Crippen LogP contribution >= 0.6 is 0 Å². The van der Waals surface area contributed by atoms with Gasteiger partial charge in [0.15, 0.2) is 17.5 Å². The van der Waals surface area contributed by atoms with Crippen molar-refractivity contribution in [1.29, 1.82) is 0 Å². The molecule has 9 heteroatoms. The summed E-state index contributed by atoms with van der Waals surface area (Å²) in [6, 6.07) is 15.7. The predicted octanol–water partition coefficient (Wildman–Crippen LogP) is 5.00. The van der Waals surface area contributed by atoms with E-state index in [9.17, 15) is 13.6 Å². The molecule has 1 aliphatic heterocycles. The highest BCUT2D eigenvalue weighted by Gasteiger charge is 2.25. The molecule has 1 aliphatic rings. The lowest BCUT2D eigenvalue weighted by Gasteiger charge is -2.35. The largest absolute Gasteiger partial charge is 0.352 e. The van der Waals surface area contributed by atoms with Gasteiger partial charge in [-0.05, 0) is 36.2 Å². The van der Waals surface area contributed by atoms with Crippen LogP contribution in [0.25, 0.3) is 10.8 Å². The van der Waals surface area contributed by atoms with Crippen molar-refractivity contribution in [2.24, 2.45) is 0 Å². The van der Waals surface area contributed by atoms with Crippen LogP contribution in [0.15, 0.2) is 67.0 Å². The summed E-state index contributed by atoms with van der Waals surface area (Å²) in [7, 11) is 0. The van der Waals surface area contributed by atoms with Gasteiger partial charge in [0.1, 0.15) is 0 Å². The highest BCUT2D eigenvalue weighted by atomic mass is 19.2. The summed E-state index contributed by atoms with van der Waals surface area (Å²) in [6.45, 7) is 5.06. The van der Waals surface area contributed by atoms with E-state index in [-0.39, 0.29) is 24.1 Å². The van der Waals surface area contributed by atoms with Gasteiger partial charge in [-0.1, -0.05) is 37.6 Å². The molecule has 0 aliphatic carbocycles. The third kappa shape index (κ3) is 5.62. The van der Waals surface area contributed by atoms with Gasteiger partial charge in [-0.3, -0.25) is 14.7 Å². The lowest BCUT2D eigenvalue weighted by atomic mass is 9.89. The monoisotopic (exact) mass is 516 g/mol. The maximum Gasteiger partial charge on any atom is 0.238 e. The van der Waals surface area contributed by atoms with Gasteiger partial charge in [0, 0.05) is 67.0 Å². The highest BCUT2D eigenvalue weighted by molar-refractivity contribution is 5.94. The van der Waals surface area contributed by atoms with Crippen LogP contribution in [0.1, 0.15) is 36.9 Å². The van der Waals surface area contributed by atoms with Gasteiger partial charge in [-0.15, -0.1) is 5.10 Å². The zero-order valence-electron chi connectivity index (χ0n) is 21.3. The fraction of sp³-hybridized carbons (Fsp3) is 0.310. The third-order valence-electron chi connectivity index (χ3n) is 6.95. The summed E-state index contributed by atoms with van der Waals surface area (Å²) in [5.41, 5.74) is 2.40. The molecule has 5 rings (SSSR count). The molecule has 0 saturated carbocycles. The summed E-state index contributed by atoms with van der Waals surface area (Å²) in [5, 5.41) is 14.3. The number of hydrogen-bond donors (Lipinski definition) is 1. The molecule has 0 radical (unpaired) electrons. The van der Waals surface area contributed by atoms with Gasteiger partial charge in [-0.2, -0.15) is 5.10 Å². The second kappa shape index (κ2) is 11.6. The molecule has 1 amide bonds. The Kier molecular flexibility index (Phi) is 7.83. The number of nitrogens with zero attached hydrogens (tertiary/aromatic N) is 5. The van der Waals surface area contributed by atoms with Gasteiger partial charge in [0.05, 0.1) is 12.2 Å². The zero-order valence-corrected chi connectivity index (χ0v) is 21.3. The molecule has 3 heterocycles. The Bertz CT molecular complexity index is 1410. The van der Waals surface area contributed by atoms with Gasteiger partial charge in [-0.25, -0.2) is 8.78 Å². The first kappa shape index (κ1) is 25.7. The van der Waals surface area contributed by atoms with Crippen molar-refractivity contribution in [2.45, 2.75) is 25.7 Å². The van der Waals surface area contributed by atoms with E-state index in [1.54, 1.807) is 0 Å². The standard InChI is InChI=1S/C29H30F2N6O/c1-2-5-22(20-10-12-32-13-11-20)28-23-6-3-4-7-24(23)29(35-34-28)37-16-14-36(15-17-37)19-27(38)33-21-8-9-25(30)26(31)18-21/h3-4,6-13,18,22H,2,5,14-17,19H2,1H3,(H,33,38). The van der Waals surface area contributed by atoms with Crippen molar-refractivity contribution in [2.75, 3.05) is 42.9 Å². The van der Waals surface area contributed by atoms with E-state index in [4.69, 9.17) is 10.2 Å². The van der Waals surface area contributed by atoms with E-state index in [0.29, 0.717) is 26.2 Å². The Morgan fingerprint density at radius 2 is 1.68 bits per heavy atom. The van der Waals surface area contributed by atoms with Crippen molar-refractivity contribution in [3.63, 3.8) is 0 Å². The number of carbonyl (C=O) groups excluding carboxylic acids is 1. The maximum atomic E-state index is 13.4. The molecule has 7 nitrogen and oxygen atoms in total. The number of benzene rings is 2. The number of nitrogens with one attached hydrogen (secondary N) is 1. The van der Waals surface area contributed by atoms with Crippen molar-refractivity contribution >= 4 is 28.2 Å². The number of fused-ring (bicyclic) bond motifs is 1. The topological polar surface area (TPSA) is 74.2 Å². The van der Waals surface area contributed by atoms with Crippen molar-refractivity contribution < 1.29 is 13.6 Å². The second-order valence-corrected chi connectivity index (χ2v) is 9.52. The number of aromatic nitrogens is 3. The summed E-state index contributed by atoms with van der Waals surface area (Å²) in [4.78, 5) is 20.9. The number of anilines is 2. The molecule has 38 heavy (non-hydrogen) atoms. The Hall–Kier alpha value is -3.98. The summed E-state index contributed by atoms with van der Waals surface area (Å²) >= 11 is 0. The fourth-order valence-corrected chi connectivity index (χ4v) is 5.04. The molecule has 1 unspecified atom stereocenters. The van der Waals surface area contributed by atoms with E-state index in [0.717, 1.165) is 47.3 Å². The summed E-state index contributed by atoms with van der Waals surface area (Å²) in [6.07, 6.45) is 5.63. The van der Waals surface area contributed by atoms with Crippen LogP contribution in [0.5, 0.6) is 0 Å². The Balaban J connectivity index is 1.29. The van der Waals surface area contributed by atoms with Crippen molar-refractivity contribution in [3.8, 4) is 0 Å². The van der Waals surface area contributed by atoms with E-state index in [2.05, 4.69) is 34.3 Å². The molecule has 1 N–H and O–H groups in total. The summed E-state index contributed by atoms with van der Waals surface area (Å²) in [5.74, 6) is -1.21.